The first kappa shape index (κ1) is 21.5. The molecule has 0 amide bonds. The third-order valence-electron chi connectivity index (χ3n) is 6.78. The maximum absolute atomic E-state index is 4.84. The maximum atomic E-state index is 4.84. The van der Waals surface area contributed by atoms with Crippen LogP contribution in [0.3, 0.4) is 0 Å². The first-order valence-corrected chi connectivity index (χ1v) is 10.5. The van der Waals surface area contributed by atoms with Crippen molar-refractivity contribution in [3.63, 3.8) is 0 Å². The van der Waals surface area contributed by atoms with Crippen molar-refractivity contribution in [3.8, 4) is 0 Å². The van der Waals surface area contributed by atoms with E-state index in [2.05, 4.69) is 53.8 Å². The highest BCUT2D eigenvalue weighted by molar-refractivity contribution is 5.84. The molecular weight excluding hydrogens is 292 g/mol. The standard InChI is InChI=1S/C22H44N2/c1-8-9-10-11-12-13-14-15-16-17-19-23-18-22(7,24-19)21(5,6)20(2,3)4/h8-18H2,1-7H3,(H,23,24). The molecule has 0 aliphatic carbocycles. The van der Waals surface area contributed by atoms with Crippen molar-refractivity contribution in [2.24, 2.45) is 15.8 Å². The summed E-state index contributed by atoms with van der Waals surface area (Å²) in [6, 6.07) is 0. The van der Waals surface area contributed by atoms with E-state index in [0.717, 1.165) is 13.0 Å². The van der Waals surface area contributed by atoms with E-state index in [4.69, 9.17) is 4.99 Å². The topological polar surface area (TPSA) is 24.4 Å². The molecule has 2 heteroatoms. The van der Waals surface area contributed by atoms with Gasteiger partial charge in [0.2, 0.25) is 0 Å². The minimum absolute atomic E-state index is 0.0832. The molecule has 1 aliphatic rings. The van der Waals surface area contributed by atoms with E-state index < -0.39 is 0 Å². The van der Waals surface area contributed by atoms with Gasteiger partial charge in [-0.3, -0.25) is 4.99 Å². The Labute approximate surface area is 152 Å². The zero-order valence-corrected chi connectivity index (χ0v) is 17.7. The summed E-state index contributed by atoms with van der Waals surface area (Å²) < 4.78 is 0. The fourth-order valence-electron chi connectivity index (χ4n) is 3.58. The van der Waals surface area contributed by atoms with Gasteiger partial charge in [0.05, 0.1) is 17.9 Å². The summed E-state index contributed by atoms with van der Waals surface area (Å²) in [4.78, 5) is 4.84. The van der Waals surface area contributed by atoms with Crippen LogP contribution in [0.2, 0.25) is 0 Å². The number of amidine groups is 1. The number of hydrogen-bond acceptors (Lipinski definition) is 2. The van der Waals surface area contributed by atoms with Gasteiger partial charge in [-0.2, -0.15) is 0 Å². The quantitative estimate of drug-likeness (QED) is 0.415. The van der Waals surface area contributed by atoms with Crippen molar-refractivity contribution in [2.75, 3.05) is 6.54 Å². The van der Waals surface area contributed by atoms with Gasteiger partial charge in [-0.1, -0.05) is 92.9 Å². The highest BCUT2D eigenvalue weighted by Crippen LogP contribution is 2.47. The van der Waals surface area contributed by atoms with Crippen molar-refractivity contribution in [3.05, 3.63) is 0 Å². The summed E-state index contributed by atoms with van der Waals surface area (Å²) in [5.74, 6) is 1.25. The Morgan fingerprint density at radius 3 is 1.88 bits per heavy atom. The molecular formula is C22H44N2. The summed E-state index contributed by atoms with van der Waals surface area (Å²) >= 11 is 0. The summed E-state index contributed by atoms with van der Waals surface area (Å²) in [7, 11) is 0. The molecule has 0 radical (unpaired) electrons. The van der Waals surface area contributed by atoms with Crippen LogP contribution in [0, 0.1) is 10.8 Å². The van der Waals surface area contributed by atoms with Crippen molar-refractivity contribution in [2.45, 2.75) is 118 Å². The molecule has 0 bridgehead atoms. The second-order valence-corrected chi connectivity index (χ2v) is 9.67. The molecule has 0 saturated carbocycles. The van der Waals surface area contributed by atoms with Gasteiger partial charge in [0.15, 0.2) is 0 Å². The van der Waals surface area contributed by atoms with Gasteiger partial charge in [0.25, 0.3) is 0 Å². The number of hydrogen-bond donors (Lipinski definition) is 1. The van der Waals surface area contributed by atoms with Crippen LogP contribution < -0.4 is 5.32 Å². The SMILES string of the molecule is CCCCCCCCCCCC1=NCC(C)(C(C)(C)C(C)(C)C)N1. The lowest BCUT2D eigenvalue weighted by atomic mass is 9.59. The van der Waals surface area contributed by atoms with Gasteiger partial charge in [0.1, 0.15) is 0 Å². The second kappa shape index (κ2) is 9.25. The van der Waals surface area contributed by atoms with Crippen molar-refractivity contribution >= 4 is 5.84 Å². The van der Waals surface area contributed by atoms with E-state index in [0.29, 0.717) is 0 Å². The van der Waals surface area contributed by atoms with Crippen molar-refractivity contribution in [1.82, 2.24) is 5.32 Å². The van der Waals surface area contributed by atoms with Crippen LogP contribution in [0.15, 0.2) is 4.99 Å². The number of aliphatic imine (C=N–C) groups is 1. The molecule has 0 fully saturated rings. The number of nitrogens with zero attached hydrogens (tertiary/aromatic N) is 1. The van der Waals surface area contributed by atoms with Crippen LogP contribution in [0.5, 0.6) is 0 Å². The van der Waals surface area contributed by atoms with Crippen LogP contribution in [0.4, 0.5) is 0 Å². The van der Waals surface area contributed by atoms with Gasteiger partial charge >= 0.3 is 0 Å². The molecule has 142 valence electrons. The summed E-state index contributed by atoms with van der Waals surface area (Å²) in [6.07, 6.45) is 13.6. The van der Waals surface area contributed by atoms with Crippen LogP contribution in [-0.4, -0.2) is 17.9 Å². The average Bonchev–Trinajstić information content (AvgIpc) is 2.88. The molecule has 0 aromatic heterocycles. The van der Waals surface area contributed by atoms with E-state index >= 15 is 0 Å². The minimum atomic E-state index is 0.0832. The number of nitrogens with one attached hydrogen (secondary N) is 1. The maximum Gasteiger partial charge on any atom is 0.0969 e. The first-order valence-electron chi connectivity index (χ1n) is 10.5. The molecule has 0 saturated heterocycles. The third kappa shape index (κ3) is 5.77. The Hall–Kier alpha value is -0.530. The lowest BCUT2D eigenvalue weighted by Gasteiger charge is -2.50. The van der Waals surface area contributed by atoms with Crippen molar-refractivity contribution < 1.29 is 0 Å². The number of rotatable bonds is 11. The van der Waals surface area contributed by atoms with E-state index in [1.807, 2.05) is 0 Å². The fraction of sp³-hybridized carbons (Fsp3) is 0.955. The molecule has 1 aliphatic heterocycles. The van der Waals surface area contributed by atoms with E-state index in [1.165, 1.54) is 63.6 Å². The summed E-state index contributed by atoms with van der Waals surface area (Å²) in [5.41, 5.74) is 0.543. The Bertz CT molecular complexity index is 389. The molecule has 0 spiro atoms. The second-order valence-electron chi connectivity index (χ2n) is 9.67. The van der Waals surface area contributed by atoms with Gasteiger partial charge in [-0.25, -0.2) is 0 Å². The molecule has 0 aromatic carbocycles. The van der Waals surface area contributed by atoms with Gasteiger partial charge < -0.3 is 5.32 Å². The van der Waals surface area contributed by atoms with Crippen LogP contribution in [-0.2, 0) is 0 Å². The Kier molecular flexibility index (Phi) is 8.29. The third-order valence-corrected chi connectivity index (χ3v) is 6.78. The highest BCUT2D eigenvalue weighted by Gasteiger charge is 2.50. The largest absolute Gasteiger partial charge is 0.366 e. The van der Waals surface area contributed by atoms with Crippen LogP contribution in [0.1, 0.15) is 113 Å². The molecule has 1 atom stereocenters. The molecule has 1 unspecified atom stereocenters. The molecule has 1 heterocycles. The monoisotopic (exact) mass is 336 g/mol. The Balaban J connectivity index is 2.21. The van der Waals surface area contributed by atoms with Crippen molar-refractivity contribution in [1.29, 1.82) is 0 Å². The lowest BCUT2D eigenvalue weighted by Crippen LogP contribution is -2.59. The van der Waals surface area contributed by atoms with E-state index in [-0.39, 0.29) is 16.4 Å². The molecule has 0 aromatic rings. The summed E-state index contributed by atoms with van der Waals surface area (Å²) in [6.45, 7) is 17.4. The van der Waals surface area contributed by atoms with Crippen LogP contribution >= 0.6 is 0 Å². The van der Waals surface area contributed by atoms with Crippen LogP contribution in [0.25, 0.3) is 0 Å². The van der Waals surface area contributed by atoms with Gasteiger partial charge in [-0.15, -0.1) is 0 Å². The average molecular weight is 337 g/mol. The van der Waals surface area contributed by atoms with Gasteiger partial charge in [0, 0.05) is 6.42 Å². The van der Waals surface area contributed by atoms with Gasteiger partial charge in [-0.05, 0) is 24.2 Å². The summed E-state index contributed by atoms with van der Waals surface area (Å²) in [5, 5.41) is 3.79. The normalized spacial score (nSPS) is 21.7. The Morgan fingerprint density at radius 1 is 0.875 bits per heavy atom. The predicted molar refractivity (Wildman–Crippen MR) is 109 cm³/mol. The van der Waals surface area contributed by atoms with E-state index in [1.54, 1.807) is 0 Å². The molecule has 1 N–H and O–H groups in total. The van der Waals surface area contributed by atoms with E-state index in [9.17, 15) is 0 Å². The molecule has 1 rings (SSSR count). The predicted octanol–water partition coefficient (Wildman–Crippen LogP) is 6.74. The zero-order valence-electron chi connectivity index (χ0n) is 17.7. The first-order chi connectivity index (χ1) is 11.1. The molecule has 24 heavy (non-hydrogen) atoms. The zero-order chi connectivity index (χ0) is 18.3. The molecule has 2 nitrogen and oxygen atoms in total. The fourth-order valence-corrected chi connectivity index (χ4v) is 3.58. The number of unbranched alkanes of at least 4 members (excludes halogenated alkanes) is 8. The Morgan fingerprint density at radius 2 is 1.38 bits per heavy atom. The smallest absolute Gasteiger partial charge is 0.0969 e. The lowest BCUT2D eigenvalue weighted by molar-refractivity contribution is 0.0381. The highest BCUT2D eigenvalue weighted by atomic mass is 15.2. The minimum Gasteiger partial charge on any atom is -0.366 e.